The fraction of sp³-hybridized carbons (Fsp3) is 0.474. The van der Waals surface area contributed by atoms with Gasteiger partial charge in [0.1, 0.15) is 5.01 Å². The van der Waals surface area contributed by atoms with Gasteiger partial charge in [0.15, 0.2) is 5.78 Å². The molecule has 0 bridgehead atoms. The molecule has 0 unspecified atom stereocenters. The SMILES string of the molecule is CC(=O)c1cccc(S(=O)(=O)N2CCC(C(=O)Nc3nnc(C(C)C)s3)CC2)c1. The van der Waals surface area contributed by atoms with Crippen molar-refractivity contribution < 1.29 is 18.0 Å². The van der Waals surface area contributed by atoms with Gasteiger partial charge in [0.2, 0.25) is 21.1 Å². The van der Waals surface area contributed by atoms with Crippen molar-refractivity contribution in [1.82, 2.24) is 14.5 Å². The van der Waals surface area contributed by atoms with Gasteiger partial charge < -0.3 is 5.32 Å². The quantitative estimate of drug-likeness (QED) is 0.698. The number of carbonyl (C=O) groups is 2. The first kappa shape index (κ1) is 21.5. The fourth-order valence-corrected chi connectivity index (χ4v) is 5.37. The van der Waals surface area contributed by atoms with Gasteiger partial charge in [0.05, 0.1) is 4.90 Å². The molecule has 1 fully saturated rings. The van der Waals surface area contributed by atoms with E-state index in [-0.39, 0.29) is 41.5 Å². The van der Waals surface area contributed by atoms with E-state index < -0.39 is 10.0 Å². The Bertz CT molecular complexity index is 1010. The van der Waals surface area contributed by atoms with Crippen molar-refractivity contribution in [3.05, 3.63) is 34.8 Å². The van der Waals surface area contributed by atoms with Crippen molar-refractivity contribution in [3.63, 3.8) is 0 Å². The Balaban J connectivity index is 1.62. The normalized spacial score (nSPS) is 16.1. The zero-order chi connectivity index (χ0) is 21.2. The lowest BCUT2D eigenvalue weighted by molar-refractivity contribution is -0.120. The smallest absolute Gasteiger partial charge is 0.243 e. The largest absolute Gasteiger partial charge is 0.300 e. The van der Waals surface area contributed by atoms with Crippen molar-refractivity contribution in [1.29, 1.82) is 0 Å². The number of piperidine rings is 1. The highest BCUT2D eigenvalue weighted by Gasteiger charge is 2.32. The maximum absolute atomic E-state index is 12.9. The zero-order valence-corrected chi connectivity index (χ0v) is 18.2. The molecule has 1 saturated heterocycles. The second kappa shape index (κ2) is 8.68. The summed E-state index contributed by atoms with van der Waals surface area (Å²) in [6.07, 6.45) is 0.848. The minimum atomic E-state index is -3.70. The summed E-state index contributed by atoms with van der Waals surface area (Å²) in [5.41, 5.74) is 0.359. The van der Waals surface area contributed by atoms with Crippen LogP contribution in [0.5, 0.6) is 0 Å². The third-order valence-electron chi connectivity index (χ3n) is 4.87. The van der Waals surface area contributed by atoms with Crippen LogP contribution in [0.25, 0.3) is 0 Å². The van der Waals surface area contributed by atoms with E-state index in [4.69, 9.17) is 0 Å². The summed E-state index contributed by atoms with van der Waals surface area (Å²) in [7, 11) is -3.70. The third kappa shape index (κ3) is 4.88. The Kier molecular flexibility index (Phi) is 6.45. The summed E-state index contributed by atoms with van der Waals surface area (Å²) >= 11 is 1.35. The molecule has 2 aromatic rings. The Morgan fingerprint density at radius 3 is 2.48 bits per heavy atom. The highest BCUT2D eigenvalue weighted by atomic mass is 32.2. The molecule has 1 aliphatic rings. The first-order chi connectivity index (χ1) is 13.7. The van der Waals surface area contributed by atoms with Crippen LogP contribution < -0.4 is 5.32 Å². The number of hydrogen-bond acceptors (Lipinski definition) is 7. The number of nitrogens with one attached hydrogen (secondary N) is 1. The molecule has 8 nitrogen and oxygen atoms in total. The molecule has 1 aliphatic heterocycles. The van der Waals surface area contributed by atoms with Crippen molar-refractivity contribution >= 4 is 38.2 Å². The monoisotopic (exact) mass is 436 g/mol. The molecule has 1 amide bonds. The van der Waals surface area contributed by atoms with Crippen molar-refractivity contribution in [3.8, 4) is 0 Å². The number of anilines is 1. The molecule has 0 aliphatic carbocycles. The number of carbonyl (C=O) groups excluding carboxylic acids is 2. The lowest BCUT2D eigenvalue weighted by atomic mass is 9.97. The van der Waals surface area contributed by atoms with E-state index >= 15 is 0 Å². The predicted octanol–water partition coefficient (Wildman–Crippen LogP) is 2.90. The Morgan fingerprint density at radius 1 is 1.21 bits per heavy atom. The molecule has 0 atom stereocenters. The lowest BCUT2D eigenvalue weighted by Crippen LogP contribution is -2.41. The van der Waals surface area contributed by atoms with E-state index in [9.17, 15) is 18.0 Å². The van der Waals surface area contributed by atoms with Gasteiger partial charge in [-0.15, -0.1) is 10.2 Å². The van der Waals surface area contributed by atoms with Crippen LogP contribution in [-0.4, -0.2) is 47.7 Å². The van der Waals surface area contributed by atoms with Crippen molar-refractivity contribution in [2.45, 2.75) is 44.4 Å². The van der Waals surface area contributed by atoms with E-state index in [1.165, 1.54) is 34.7 Å². The number of nitrogens with zero attached hydrogens (tertiary/aromatic N) is 3. The standard InChI is InChI=1S/C19H24N4O4S2/c1-12(2)18-21-22-19(28-18)20-17(25)14-7-9-23(10-8-14)29(26,27)16-6-4-5-15(11-16)13(3)24/h4-6,11-12,14H,7-10H2,1-3H3,(H,20,22,25). The van der Waals surface area contributed by atoms with Crippen LogP contribution >= 0.6 is 11.3 Å². The van der Waals surface area contributed by atoms with Crippen LogP contribution in [0.15, 0.2) is 29.2 Å². The van der Waals surface area contributed by atoms with E-state index in [0.29, 0.717) is 23.5 Å². The fourth-order valence-electron chi connectivity index (χ4n) is 3.11. The molecular formula is C19H24N4O4S2. The minimum absolute atomic E-state index is 0.100. The Hall–Kier alpha value is -2.17. The molecule has 10 heteroatoms. The van der Waals surface area contributed by atoms with Crippen molar-refractivity contribution in [2.24, 2.45) is 5.92 Å². The van der Waals surface area contributed by atoms with Gasteiger partial charge in [0.25, 0.3) is 0 Å². The van der Waals surface area contributed by atoms with Crippen LogP contribution in [0.3, 0.4) is 0 Å². The topological polar surface area (TPSA) is 109 Å². The average Bonchev–Trinajstić information content (AvgIpc) is 3.17. The highest BCUT2D eigenvalue weighted by Crippen LogP contribution is 2.27. The van der Waals surface area contributed by atoms with E-state index in [0.717, 1.165) is 5.01 Å². The second-order valence-electron chi connectivity index (χ2n) is 7.35. The van der Waals surface area contributed by atoms with Crippen molar-refractivity contribution in [2.75, 3.05) is 18.4 Å². The minimum Gasteiger partial charge on any atom is -0.300 e. The predicted molar refractivity (Wildman–Crippen MR) is 111 cm³/mol. The molecule has 3 rings (SSSR count). The van der Waals surface area contributed by atoms with Gasteiger partial charge in [0, 0.05) is 30.5 Å². The summed E-state index contributed by atoms with van der Waals surface area (Å²) in [6.45, 7) is 5.91. The molecule has 1 N–H and O–H groups in total. The zero-order valence-electron chi connectivity index (χ0n) is 16.6. The first-order valence-electron chi connectivity index (χ1n) is 9.44. The molecular weight excluding hydrogens is 412 g/mol. The van der Waals surface area contributed by atoms with Gasteiger partial charge in [-0.1, -0.05) is 37.3 Å². The number of benzene rings is 1. The summed E-state index contributed by atoms with van der Waals surface area (Å²) in [5, 5.41) is 12.2. The molecule has 156 valence electrons. The maximum atomic E-state index is 12.9. The Morgan fingerprint density at radius 2 is 1.90 bits per heavy atom. The second-order valence-corrected chi connectivity index (χ2v) is 10.3. The molecule has 0 spiro atoms. The number of Topliss-reactive ketones (excluding diaryl/α,β-unsaturated/α-hetero) is 1. The highest BCUT2D eigenvalue weighted by molar-refractivity contribution is 7.89. The van der Waals surface area contributed by atoms with Crippen LogP contribution in [0.1, 0.15) is 54.9 Å². The van der Waals surface area contributed by atoms with E-state index in [1.54, 1.807) is 12.1 Å². The maximum Gasteiger partial charge on any atom is 0.243 e. The number of ketones is 1. The molecule has 1 aromatic carbocycles. The van der Waals surface area contributed by atoms with Crippen LogP contribution in [0.4, 0.5) is 5.13 Å². The summed E-state index contributed by atoms with van der Waals surface area (Å²) < 4.78 is 27.2. The number of sulfonamides is 1. The number of hydrogen-bond donors (Lipinski definition) is 1. The van der Waals surface area contributed by atoms with Crippen LogP contribution in [0, 0.1) is 5.92 Å². The first-order valence-corrected chi connectivity index (χ1v) is 11.7. The van der Waals surface area contributed by atoms with Crippen LogP contribution in [-0.2, 0) is 14.8 Å². The van der Waals surface area contributed by atoms with Crippen LogP contribution in [0.2, 0.25) is 0 Å². The molecule has 0 saturated carbocycles. The van der Waals surface area contributed by atoms with Gasteiger partial charge >= 0.3 is 0 Å². The van der Waals surface area contributed by atoms with Gasteiger partial charge in [-0.05, 0) is 31.9 Å². The summed E-state index contributed by atoms with van der Waals surface area (Å²) in [5.74, 6) is -0.383. The van der Waals surface area contributed by atoms with E-state index in [2.05, 4.69) is 15.5 Å². The lowest BCUT2D eigenvalue weighted by Gasteiger charge is -2.30. The molecule has 1 aromatic heterocycles. The van der Waals surface area contributed by atoms with Gasteiger partial charge in [-0.25, -0.2) is 8.42 Å². The van der Waals surface area contributed by atoms with Gasteiger partial charge in [-0.3, -0.25) is 9.59 Å². The third-order valence-corrected chi connectivity index (χ3v) is 7.90. The molecule has 29 heavy (non-hydrogen) atoms. The number of amides is 1. The molecule has 2 heterocycles. The summed E-state index contributed by atoms with van der Waals surface area (Å²) in [6, 6.07) is 6.05. The Labute approximate surface area is 174 Å². The summed E-state index contributed by atoms with van der Waals surface area (Å²) in [4.78, 5) is 24.2. The number of aromatic nitrogens is 2. The molecule has 0 radical (unpaired) electrons. The van der Waals surface area contributed by atoms with Gasteiger partial charge in [-0.2, -0.15) is 4.31 Å². The average molecular weight is 437 g/mol. The van der Waals surface area contributed by atoms with E-state index in [1.807, 2.05) is 13.8 Å². The number of rotatable bonds is 6.